The second-order valence-electron chi connectivity index (χ2n) is 4.81. The molecule has 4 N–H and O–H groups in total. The molecule has 0 spiro atoms. The highest BCUT2D eigenvalue weighted by Crippen LogP contribution is 2.24. The van der Waals surface area contributed by atoms with Gasteiger partial charge in [0.05, 0.1) is 12.6 Å². The van der Waals surface area contributed by atoms with E-state index in [2.05, 4.69) is 6.07 Å². The normalized spacial score (nSPS) is 14.5. The summed E-state index contributed by atoms with van der Waals surface area (Å²) in [7, 11) is 1.88. The van der Waals surface area contributed by atoms with Crippen molar-refractivity contribution in [3.63, 3.8) is 0 Å². The third kappa shape index (κ3) is 3.82. The van der Waals surface area contributed by atoms with Crippen LogP contribution in [0.25, 0.3) is 0 Å². The third-order valence-electron chi connectivity index (χ3n) is 3.14. The molecule has 4 heteroatoms. The maximum Gasteiger partial charge on any atom is 0.231 e. The molecule has 2 atom stereocenters. The molecular weight excluding hydrogens is 226 g/mol. The first-order valence-corrected chi connectivity index (χ1v) is 6.26. The lowest BCUT2D eigenvalue weighted by Gasteiger charge is -2.32. The predicted octanol–water partition coefficient (Wildman–Crippen LogP) is 1.19. The average Bonchev–Trinajstić information content (AvgIpc) is 2.28. The van der Waals surface area contributed by atoms with Crippen LogP contribution in [0.1, 0.15) is 30.5 Å². The van der Waals surface area contributed by atoms with Crippen molar-refractivity contribution in [3.05, 3.63) is 35.4 Å². The molecule has 0 aliphatic heterocycles. The summed E-state index contributed by atoms with van der Waals surface area (Å²) in [6.07, 6.45) is 0.849. The minimum Gasteiger partial charge on any atom is -0.369 e. The van der Waals surface area contributed by atoms with Crippen molar-refractivity contribution in [2.24, 2.45) is 11.5 Å². The Morgan fingerprint density at radius 1 is 1.44 bits per heavy atom. The number of hydrogen-bond acceptors (Lipinski definition) is 3. The molecule has 0 heterocycles. The van der Waals surface area contributed by atoms with Gasteiger partial charge in [-0.25, -0.2) is 0 Å². The van der Waals surface area contributed by atoms with Crippen LogP contribution in [0.2, 0.25) is 0 Å². The predicted molar refractivity (Wildman–Crippen MR) is 74.0 cm³/mol. The van der Waals surface area contributed by atoms with E-state index >= 15 is 0 Å². The smallest absolute Gasteiger partial charge is 0.231 e. The average molecular weight is 249 g/mol. The molecule has 0 radical (unpaired) electrons. The van der Waals surface area contributed by atoms with E-state index < -0.39 is 0 Å². The highest BCUT2D eigenvalue weighted by atomic mass is 16.1. The lowest BCUT2D eigenvalue weighted by atomic mass is 9.95. The van der Waals surface area contributed by atoms with Crippen molar-refractivity contribution in [1.82, 2.24) is 4.90 Å². The summed E-state index contributed by atoms with van der Waals surface area (Å²) in [5.74, 6) is -0.335. The van der Waals surface area contributed by atoms with Gasteiger partial charge in [0.25, 0.3) is 0 Å². The molecule has 1 amide bonds. The maximum absolute atomic E-state index is 11.1. The Morgan fingerprint density at radius 2 is 2.11 bits per heavy atom. The first-order valence-electron chi connectivity index (χ1n) is 6.26. The van der Waals surface area contributed by atoms with Crippen LogP contribution < -0.4 is 11.5 Å². The van der Waals surface area contributed by atoms with E-state index in [9.17, 15) is 4.79 Å². The van der Waals surface area contributed by atoms with Crippen LogP contribution in [0, 0.1) is 6.92 Å². The Kier molecular flexibility index (Phi) is 5.31. The number of carbonyl (C=O) groups is 1. The highest BCUT2D eigenvalue weighted by Gasteiger charge is 2.23. The number of benzene rings is 1. The van der Waals surface area contributed by atoms with Crippen LogP contribution in [0.3, 0.4) is 0 Å². The Morgan fingerprint density at radius 3 is 2.61 bits per heavy atom. The van der Waals surface area contributed by atoms with Crippen molar-refractivity contribution in [3.8, 4) is 0 Å². The van der Waals surface area contributed by atoms with E-state index in [4.69, 9.17) is 11.5 Å². The molecule has 18 heavy (non-hydrogen) atoms. The van der Waals surface area contributed by atoms with Gasteiger partial charge >= 0.3 is 0 Å². The van der Waals surface area contributed by atoms with Crippen LogP contribution in [0.15, 0.2) is 24.3 Å². The summed E-state index contributed by atoms with van der Waals surface area (Å²) in [5.41, 5.74) is 13.8. The van der Waals surface area contributed by atoms with E-state index in [1.165, 1.54) is 5.56 Å². The third-order valence-corrected chi connectivity index (χ3v) is 3.14. The van der Waals surface area contributed by atoms with Crippen LogP contribution >= 0.6 is 0 Å². The number of rotatable bonds is 6. The summed E-state index contributed by atoms with van der Waals surface area (Å²) in [5, 5.41) is 0. The van der Waals surface area contributed by atoms with Gasteiger partial charge in [-0.3, -0.25) is 9.69 Å². The first kappa shape index (κ1) is 14.7. The monoisotopic (exact) mass is 249 g/mol. The molecule has 0 fully saturated rings. The van der Waals surface area contributed by atoms with Crippen LogP contribution in [-0.2, 0) is 4.79 Å². The summed E-state index contributed by atoms with van der Waals surface area (Å²) < 4.78 is 0. The van der Waals surface area contributed by atoms with Crippen molar-refractivity contribution < 1.29 is 4.79 Å². The standard InChI is InChI=1S/C14H23N3O/c1-4-12(15)14(17(3)9-13(16)18)11-7-5-6-10(2)8-11/h5-8,12,14H,4,9,15H2,1-3H3,(H2,16,18). The van der Waals surface area contributed by atoms with Crippen molar-refractivity contribution in [2.75, 3.05) is 13.6 Å². The molecule has 0 bridgehead atoms. The van der Waals surface area contributed by atoms with Gasteiger partial charge in [-0.1, -0.05) is 36.8 Å². The van der Waals surface area contributed by atoms with Gasteiger partial charge in [-0.2, -0.15) is 0 Å². The van der Waals surface area contributed by atoms with Crippen molar-refractivity contribution in [1.29, 1.82) is 0 Å². The highest BCUT2D eigenvalue weighted by molar-refractivity contribution is 5.75. The molecule has 1 aromatic rings. The van der Waals surface area contributed by atoms with E-state index in [0.29, 0.717) is 0 Å². The van der Waals surface area contributed by atoms with Gasteiger partial charge in [-0.15, -0.1) is 0 Å². The first-order chi connectivity index (χ1) is 8.45. The Hall–Kier alpha value is -1.39. The molecule has 0 aliphatic carbocycles. The zero-order valence-corrected chi connectivity index (χ0v) is 11.4. The van der Waals surface area contributed by atoms with Gasteiger partial charge in [-0.05, 0) is 26.0 Å². The fraction of sp³-hybridized carbons (Fsp3) is 0.500. The molecule has 0 aromatic heterocycles. The topological polar surface area (TPSA) is 72.3 Å². The van der Waals surface area contributed by atoms with E-state index in [0.717, 1.165) is 12.0 Å². The SMILES string of the molecule is CCC(N)C(c1cccc(C)c1)N(C)CC(N)=O. The minimum atomic E-state index is -0.335. The minimum absolute atomic E-state index is 0.0161. The van der Waals surface area contributed by atoms with Gasteiger partial charge in [0.15, 0.2) is 0 Å². The summed E-state index contributed by atoms with van der Waals surface area (Å²) in [4.78, 5) is 13.0. The van der Waals surface area contributed by atoms with Gasteiger partial charge in [0.1, 0.15) is 0 Å². The summed E-state index contributed by atoms with van der Waals surface area (Å²) in [6, 6.07) is 8.21. The van der Waals surface area contributed by atoms with Crippen molar-refractivity contribution in [2.45, 2.75) is 32.4 Å². The largest absolute Gasteiger partial charge is 0.369 e. The second kappa shape index (κ2) is 6.52. The quantitative estimate of drug-likeness (QED) is 0.795. The van der Waals surface area contributed by atoms with E-state index in [1.807, 2.05) is 44.0 Å². The number of nitrogens with two attached hydrogens (primary N) is 2. The number of aryl methyl sites for hydroxylation is 1. The molecule has 2 unspecified atom stereocenters. The molecule has 1 rings (SSSR count). The number of amides is 1. The molecule has 0 saturated carbocycles. The summed E-state index contributed by atoms with van der Waals surface area (Å²) in [6.45, 7) is 4.31. The van der Waals surface area contributed by atoms with E-state index in [1.54, 1.807) is 0 Å². The Labute approximate surface area is 109 Å². The van der Waals surface area contributed by atoms with Gasteiger partial charge in [0, 0.05) is 6.04 Å². The molecule has 0 saturated heterocycles. The lowest BCUT2D eigenvalue weighted by Crippen LogP contribution is -2.42. The zero-order valence-electron chi connectivity index (χ0n) is 11.4. The van der Waals surface area contributed by atoms with Crippen LogP contribution in [0.4, 0.5) is 0 Å². The Bertz CT molecular complexity index is 406. The molecule has 1 aromatic carbocycles. The number of hydrogen-bond donors (Lipinski definition) is 2. The van der Waals surface area contributed by atoms with Gasteiger partial charge < -0.3 is 11.5 Å². The number of nitrogens with zero attached hydrogens (tertiary/aromatic N) is 1. The Balaban J connectivity index is 3.01. The van der Waals surface area contributed by atoms with E-state index in [-0.39, 0.29) is 24.5 Å². The fourth-order valence-electron chi connectivity index (χ4n) is 2.25. The van der Waals surface area contributed by atoms with Crippen molar-refractivity contribution >= 4 is 5.91 Å². The number of carbonyl (C=O) groups excluding carboxylic acids is 1. The lowest BCUT2D eigenvalue weighted by molar-refractivity contribution is -0.119. The summed E-state index contributed by atoms with van der Waals surface area (Å²) >= 11 is 0. The number of primary amides is 1. The fourth-order valence-corrected chi connectivity index (χ4v) is 2.25. The van der Waals surface area contributed by atoms with Crippen LogP contribution in [-0.4, -0.2) is 30.4 Å². The number of likely N-dealkylation sites (N-methyl/N-ethyl adjacent to an activating group) is 1. The molecule has 100 valence electrons. The molecule has 4 nitrogen and oxygen atoms in total. The second-order valence-corrected chi connectivity index (χ2v) is 4.81. The van der Waals surface area contributed by atoms with Gasteiger partial charge in [0.2, 0.25) is 5.91 Å². The van der Waals surface area contributed by atoms with Crippen LogP contribution in [0.5, 0.6) is 0 Å². The molecule has 0 aliphatic rings. The molecular formula is C14H23N3O. The maximum atomic E-state index is 11.1. The zero-order chi connectivity index (χ0) is 13.7.